The van der Waals surface area contributed by atoms with Crippen molar-refractivity contribution in [2.75, 3.05) is 0 Å². The molecule has 1 rings (SSSR count). The standard InChI is InChI=1S/C11H13F3O2Si/c1-7(15)16-17(2,3)6-8-4-5-9(12)11(14)10(8)13/h4-5H,6H2,1-3H3. The lowest BCUT2D eigenvalue weighted by Crippen LogP contribution is -2.36. The van der Waals surface area contributed by atoms with E-state index in [1.165, 1.54) is 13.0 Å². The Balaban J connectivity index is 2.96. The van der Waals surface area contributed by atoms with Gasteiger partial charge in [0, 0.05) is 13.0 Å². The fourth-order valence-corrected chi connectivity index (χ4v) is 3.63. The minimum atomic E-state index is -2.46. The molecule has 1 aromatic carbocycles. The van der Waals surface area contributed by atoms with Gasteiger partial charge in [-0.2, -0.15) is 0 Å². The number of hydrogen-bond donors (Lipinski definition) is 0. The summed E-state index contributed by atoms with van der Waals surface area (Å²) >= 11 is 0. The Morgan fingerprint density at radius 3 is 2.35 bits per heavy atom. The highest BCUT2D eigenvalue weighted by atomic mass is 28.4. The molecule has 0 radical (unpaired) electrons. The van der Waals surface area contributed by atoms with Gasteiger partial charge in [0.1, 0.15) is 0 Å². The fraction of sp³-hybridized carbons (Fsp3) is 0.364. The van der Waals surface area contributed by atoms with Crippen molar-refractivity contribution in [3.8, 4) is 0 Å². The Hall–Kier alpha value is -1.30. The molecule has 0 atom stereocenters. The Morgan fingerprint density at radius 2 is 1.82 bits per heavy atom. The van der Waals surface area contributed by atoms with Crippen molar-refractivity contribution in [2.45, 2.75) is 26.1 Å². The molecular weight excluding hydrogens is 249 g/mol. The molecular formula is C11H13F3O2Si. The van der Waals surface area contributed by atoms with Crippen LogP contribution in [-0.2, 0) is 15.3 Å². The average molecular weight is 262 g/mol. The van der Waals surface area contributed by atoms with Crippen molar-refractivity contribution in [1.29, 1.82) is 0 Å². The van der Waals surface area contributed by atoms with E-state index in [1.54, 1.807) is 13.1 Å². The van der Waals surface area contributed by atoms with Crippen molar-refractivity contribution in [3.63, 3.8) is 0 Å². The van der Waals surface area contributed by atoms with Crippen LogP contribution in [-0.4, -0.2) is 14.3 Å². The molecule has 6 heteroatoms. The second-order valence-corrected chi connectivity index (χ2v) is 8.44. The van der Waals surface area contributed by atoms with Crippen molar-refractivity contribution < 1.29 is 22.4 Å². The smallest absolute Gasteiger partial charge is 0.289 e. The van der Waals surface area contributed by atoms with Gasteiger partial charge in [-0.05, 0) is 24.7 Å². The summed E-state index contributed by atoms with van der Waals surface area (Å²) in [5.41, 5.74) is 0.0295. The van der Waals surface area contributed by atoms with E-state index in [2.05, 4.69) is 0 Å². The highest BCUT2D eigenvalue weighted by Crippen LogP contribution is 2.20. The summed E-state index contributed by atoms with van der Waals surface area (Å²) in [6, 6.07) is 2.15. The van der Waals surface area contributed by atoms with Crippen LogP contribution in [0.5, 0.6) is 0 Å². The van der Waals surface area contributed by atoms with E-state index in [0.717, 1.165) is 6.07 Å². The topological polar surface area (TPSA) is 26.3 Å². The molecule has 0 bridgehead atoms. The monoisotopic (exact) mass is 262 g/mol. The lowest BCUT2D eigenvalue weighted by Gasteiger charge is -2.22. The van der Waals surface area contributed by atoms with Gasteiger partial charge in [-0.15, -0.1) is 0 Å². The van der Waals surface area contributed by atoms with Crippen LogP contribution in [0.2, 0.25) is 13.1 Å². The highest BCUT2D eigenvalue weighted by molar-refractivity contribution is 6.72. The zero-order valence-corrected chi connectivity index (χ0v) is 10.8. The molecule has 0 aliphatic carbocycles. The van der Waals surface area contributed by atoms with E-state index >= 15 is 0 Å². The first kappa shape index (κ1) is 13.8. The van der Waals surface area contributed by atoms with Gasteiger partial charge < -0.3 is 4.43 Å². The van der Waals surface area contributed by atoms with Crippen LogP contribution in [0.4, 0.5) is 13.2 Å². The fourth-order valence-electron chi connectivity index (χ4n) is 1.59. The zero-order chi connectivity index (χ0) is 13.2. The van der Waals surface area contributed by atoms with E-state index < -0.39 is 31.7 Å². The van der Waals surface area contributed by atoms with Crippen molar-refractivity contribution >= 4 is 14.3 Å². The van der Waals surface area contributed by atoms with E-state index in [-0.39, 0.29) is 11.6 Å². The van der Waals surface area contributed by atoms with Gasteiger partial charge in [0.25, 0.3) is 14.3 Å². The Morgan fingerprint density at radius 1 is 1.24 bits per heavy atom. The second-order valence-electron chi connectivity index (χ2n) is 4.36. The molecule has 0 aromatic heterocycles. The molecule has 1 aromatic rings. The van der Waals surface area contributed by atoms with Crippen LogP contribution in [0.15, 0.2) is 12.1 Å². The summed E-state index contributed by atoms with van der Waals surface area (Å²) in [6.45, 7) is 4.67. The van der Waals surface area contributed by atoms with Gasteiger partial charge in [-0.1, -0.05) is 6.07 Å². The molecule has 0 amide bonds. The molecule has 2 nitrogen and oxygen atoms in total. The summed E-state index contributed by atoms with van der Waals surface area (Å²) < 4.78 is 44.2. The van der Waals surface area contributed by atoms with Gasteiger partial charge >= 0.3 is 0 Å². The summed E-state index contributed by atoms with van der Waals surface area (Å²) in [5, 5.41) is 0. The third kappa shape index (κ3) is 3.59. The molecule has 0 unspecified atom stereocenters. The first-order valence-electron chi connectivity index (χ1n) is 5.05. The molecule has 0 aliphatic rings. The maximum Gasteiger partial charge on any atom is 0.289 e. The zero-order valence-electron chi connectivity index (χ0n) is 9.81. The van der Waals surface area contributed by atoms with E-state index in [1.807, 2.05) is 0 Å². The molecule has 0 spiro atoms. The van der Waals surface area contributed by atoms with Crippen LogP contribution in [0, 0.1) is 17.5 Å². The normalized spacial score (nSPS) is 11.4. The molecule has 94 valence electrons. The SMILES string of the molecule is CC(=O)O[Si](C)(C)Cc1ccc(F)c(F)c1F. The van der Waals surface area contributed by atoms with Gasteiger partial charge in [0.15, 0.2) is 17.5 Å². The van der Waals surface area contributed by atoms with Crippen LogP contribution in [0.3, 0.4) is 0 Å². The second kappa shape index (κ2) is 4.91. The van der Waals surface area contributed by atoms with Crippen molar-refractivity contribution in [2.24, 2.45) is 0 Å². The molecule has 0 saturated carbocycles. The summed E-state index contributed by atoms with van der Waals surface area (Å²) in [6.07, 6.45) is 0. The molecule has 17 heavy (non-hydrogen) atoms. The van der Waals surface area contributed by atoms with Crippen LogP contribution >= 0.6 is 0 Å². The first-order valence-corrected chi connectivity index (χ1v) is 8.16. The minimum Gasteiger partial charge on any atom is -0.519 e. The van der Waals surface area contributed by atoms with Gasteiger partial charge in [0.2, 0.25) is 0 Å². The van der Waals surface area contributed by atoms with Crippen molar-refractivity contribution in [1.82, 2.24) is 0 Å². The van der Waals surface area contributed by atoms with Gasteiger partial charge in [-0.3, -0.25) is 4.79 Å². The van der Waals surface area contributed by atoms with Crippen LogP contribution in [0.1, 0.15) is 12.5 Å². The van der Waals surface area contributed by atoms with Crippen LogP contribution < -0.4 is 0 Å². The van der Waals surface area contributed by atoms with E-state index in [4.69, 9.17) is 4.43 Å². The van der Waals surface area contributed by atoms with Crippen molar-refractivity contribution in [3.05, 3.63) is 35.1 Å². The number of carbonyl (C=O) groups is 1. The average Bonchev–Trinajstić information content (AvgIpc) is 2.17. The lowest BCUT2D eigenvalue weighted by molar-refractivity contribution is -0.132. The maximum atomic E-state index is 13.4. The number of halogens is 3. The third-order valence-corrected chi connectivity index (χ3v) is 4.22. The summed E-state index contributed by atoms with van der Waals surface area (Å²) in [5.74, 6) is -4.38. The summed E-state index contributed by atoms with van der Waals surface area (Å²) in [4.78, 5) is 10.8. The summed E-state index contributed by atoms with van der Waals surface area (Å²) in [7, 11) is -2.46. The molecule has 0 N–H and O–H groups in total. The number of rotatable bonds is 3. The highest BCUT2D eigenvalue weighted by Gasteiger charge is 2.28. The Bertz CT molecular complexity index is 447. The quantitative estimate of drug-likeness (QED) is 0.618. The largest absolute Gasteiger partial charge is 0.519 e. The molecule has 0 saturated heterocycles. The minimum absolute atomic E-state index is 0.0295. The number of hydrogen-bond acceptors (Lipinski definition) is 2. The first-order chi connectivity index (χ1) is 7.73. The van der Waals surface area contributed by atoms with E-state index in [0.29, 0.717) is 0 Å². The number of carbonyl (C=O) groups excluding carboxylic acids is 1. The molecule has 0 aliphatic heterocycles. The third-order valence-electron chi connectivity index (χ3n) is 2.15. The predicted molar refractivity (Wildman–Crippen MR) is 59.3 cm³/mol. The van der Waals surface area contributed by atoms with Gasteiger partial charge in [-0.25, -0.2) is 13.2 Å². The number of benzene rings is 1. The predicted octanol–water partition coefficient (Wildman–Crippen LogP) is 2.95. The maximum absolute atomic E-state index is 13.4. The van der Waals surface area contributed by atoms with E-state index in [9.17, 15) is 18.0 Å². The Kier molecular flexibility index (Phi) is 3.97. The lowest BCUT2D eigenvalue weighted by atomic mass is 10.2. The molecule has 0 fully saturated rings. The van der Waals surface area contributed by atoms with Gasteiger partial charge in [0.05, 0.1) is 0 Å². The van der Waals surface area contributed by atoms with Crippen LogP contribution in [0.25, 0.3) is 0 Å². The Labute approximate surface area is 98.5 Å². The molecule has 0 heterocycles.